The molecule has 0 radical (unpaired) electrons. The molecule has 0 spiro atoms. The third-order valence-corrected chi connectivity index (χ3v) is 5.05. The molecule has 0 aliphatic carbocycles. The predicted octanol–water partition coefficient (Wildman–Crippen LogP) is 3.30. The molecule has 136 valence electrons. The van der Waals surface area contributed by atoms with Gasteiger partial charge in [0, 0.05) is 29.6 Å². The maximum absolute atomic E-state index is 12.5. The molecule has 2 aromatic carbocycles. The zero-order chi connectivity index (χ0) is 19.1. The van der Waals surface area contributed by atoms with Gasteiger partial charge in [0.2, 0.25) is 0 Å². The SMILES string of the molecule is COCCn1c(C=O)cc2c3c(c(-c4ccccc4Cl)cc21)C(=O)NC3=O. The van der Waals surface area contributed by atoms with E-state index in [2.05, 4.69) is 5.32 Å². The minimum atomic E-state index is -0.477. The summed E-state index contributed by atoms with van der Waals surface area (Å²) in [6, 6.07) is 10.6. The number of benzene rings is 2. The molecule has 0 unspecified atom stereocenters. The molecule has 0 saturated heterocycles. The fraction of sp³-hybridized carbons (Fsp3) is 0.150. The van der Waals surface area contributed by atoms with Crippen molar-refractivity contribution in [2.75, 3.05) is 13.7 Å². The summed E-state index contributed by atoms with van der Waals surface area (Å²) < 4.78 is 6.92. The van der Waals surface area contributed by atoms with Crippen molar-refractivity contribution in [3.63, 3.8) is 0 Å². The number of amides is 2. The second-order valence-electron chi connectivity index (χ2n) is 6.20. The van der Waals surface area contributed by atoms with Gasteiger partial charge in [0.25, 0.3) is 11.8 Å². The average molecular weight is 383 g/mol. The topological polar surface area (TPSA) is 77.4 Å². The van der Waals surface area contributed by atoms with E-state index in [9.17, 15) is 14.4 Å². The van der Waals surface area contributed by atoms with E-state index >= 15 is 0 Å². The van der Waals surface area contributed by atoms with E-state index in [1.165, 1.54) is 0 Å². The van der Waals surface area contributed by atoms with Crippen molar-refractivity contribution in [1.29, 1.82) is 0 Å². The number of halogens is 1. The van der Waals surface area contributed by atoms with Crippen LogP contribution in [0.3, 0.4) is 0 Å². The first-order chi connectivity index (χ1) is 13.1. The van der Waals surface area contributed by atoms with E-state index in [1.807, 2.05) is 6.07 Å². The highest BCUT2D eigenvalue weighted by atomic mass is 35.5. The molecule has 0 saturated carbocycles. The second kappa shape index (κ2) is 6.64. The lowest BCUT2D eigenvalue weighted by Gasteiger charge is -2.12. The van der Waals surface area contributed by atoms with Crippen LogP contribution in [0.2, 0.25) is 5.02 Å². The Morgan fingerprint density at radius 1 is 1.11 bits per heavy atom. The molecular formula is C20H15ClN2O4. The molecule has 4 rings (SSSR count). The Morgan fingerprint density at radius 2 is 1.85 bits per heavy atom. The van der Waals surface area contributed by atoms with Gasteiger partial charge in [0.15, 0.2) is 6.29 Å². The number of rotatable bonds is 5. The number of fused-ring (bicyclic) bond motifs is 3. The minimum absolute atomic E-state index is 0.270. The Hall–Kier alpha value is -2.96. The van der Waals surface area contributed by atoms with Gasteiger partial charge < -0.3 is 9.30 Å². The second-order valence-corrected chi connectivity index (χ2v) is 6.61. The van der Waals surface area contributed by atoms with Crippen LogP contribution < -0.4 is 5.32 Å². The molecular weight excluding hydrogens is 368 g/mol. The summed E-state index contributed by atoms with van der Waals surface area (Å²) in [5.41, 5.74) is 2.84. The molecule has 1 aromatic heterocycles. The summed E-state index contributed by atoms with van der Waals surface area (Å²) in [5.74, 6) is -0.945. The van der Waals surface area contributed by atoms with Crippen LogP contribution in [0.4, 0.5) is 0 Å². The van der Waals surface area contributed by atoms with Gasteiger partial charge in [-0.05, 0) is 23.8 Å². The van der Waals surface area contributed by atoms with Crippen molar-refractivity contribution in [2.45, 2.75) is 6.54 Å². The molecule has 1 aliphatic heterocycles. The highest BCUT2D eigenvalue weighted by molar-refractivity contribution is 6.35. The molecule has 1 aliphatic rings. The lowest BCUT2D eigenvalue weighted by atomic mass is 9.94. The first kappa shape index (κ1) is 17.5. The summed E-state index contributed by atoms with van der Waals surface area (Å²) in [5, 5.41) is 3.38. The fourth-order valence-corrected chi connectivity index (χ4v) is 3.78. The zero-order valence-corrected chi connectivity index (χ0v) is 15.2. The van der Waals surface area contributed by atoms with Crippen LogP contribution in [0.15, 0.2) is 36.4 Å². The first-order valence-electron chi connectivity index (χ1n) is 8.31. The van der Waals surface area contributed by atoms with Crippen molar-refractivity contribution in [1.82, 2.24) is 9.88 Å². The number of imide groups is 1. The van der Waals surface area contributed by atoms with Crippen molar-refractivity contribution in [3.05, 3.63) is 58.2 Å². The maximum atomic E-state index is 12.5. The number of methoxy groups -OCH3 is 1. The zero-order valence-electron chi connectivity index (χ0n) is 14.4. The number of nitrogens with one attached hydrogen (secondary N) is 1. The van der Waals surface area contributed by atoms with E-state index in [-0.39, 0.29) is 11.1 Å². The fourth-order valence-electron chi connectivity index (χ4n) is 3.54. The molecule has 1 N–H and O–H groups in total. The smallest absolute Gasteiger partial charge is 0.259 e. The molecule has 2 heterocycles. The highest BCUT2D eigenvalue weighted by Gasteiger charge is 2.34. The van der Waals surface area contributed by atoms with Gasteiger partial charge in [-0.2, -0.15) is 0 Å². The number of aldehydes is 1. The van der Waals surface area contributed by atoms with E-state index in [0.29, 0.717) is 45.9 Å². The number of hydrogen-bond donors (Lipinski definition) is 1. The molecule has 7 heteroatoms. The summed E-state index contributed by atoms with van der Waals surface area (Å²) in [7, 11) is 1.57. The summed E-state index contributed by atoms with van der Waals surface area (Å²) in [6.45, 7) is 0.832. The van der Waals surface area contributed by atoms with Crippen LogP contribution in [0.1, 0.15) is 31.2 Å². The van der Waals surface area contributed by atoms with Crippen LogP contribution in [-0.2, 0) is 11.3 Å². The molecule has 0 atom stereocenters. The van der Waals surface area contributed by atoms with Crippen LogP contribution in [0.5, 0.6) is 0 Å². The Balaban J connectivity index is 2.11. The predicted molar refractivity (Wildman–Crippen MR) is 101 cm³/mol. The number of hydrogen-bond acceptors (Lipinski definition) is 4. The summed E-state index contributed by atoms with van der Waals surface area (Å²) in [6.07, 6.45) is 0.728. The monoisotopic (exact) mass is 382 g/mol. The van der Waals surface area contributed by atoms with Crippen molar-refractivity contribution in [2.24, 2.45) is 0 Å². The Bertz CT molecular complexity index is 1120. The summed E-state index contributed by atoms with van der Waals surface area (Å²) >= 11 is 6.35. The van der Waals surface area contributed by atoms with Gasteiger partial charge in [0.1, 0.15) is 0 Å². The van der Waals surface area contributed by atoms with E-state index in [1.54, 1.807) is 42.0 Å². The maximum Gasteiger partial charge on any atom is 0.259 e. The Labute approximate surface area is 159 Å². The minimum Gasteiger partial charge on any atom is -0.383 e. The Kier molecular flexibility index (Phi) is 4.30. The van der Waals surface area contributed by atoms with Crippen LogP contribution >= 0.6 is 11.6 Å². The Morgan fingerprint density at radius 3 is 2.56 bits per heavy atom. The van der Waals surface area contributed by atoms with Crippen LogP contribution in [0, 0.1) is 0 Å². The standard InChI is InChI=1S/C20H15ClN2O4/c1-27-7-6-23-11(10-24)8-14-16(23)9-13(12-4-2-3-5-15(12)21)17-18(14)20(26)22-19(17)25/h2-5,8-10H,6-7H2,1H3,(H,22,25,26). The van der Waals surface area contributed by atoms with Crippen LogP contribution in [0.25, 0.3) is 22.0 Å². The highest BCUT2D eigenvalue weighted by Crippen LogP contribution is 2.39. The number of ether oxygens (including phenoxy) is 1. The van der Waals surface area contributed by atoms with Crippen molar-refractivity contribution in [3.8, 4) is 11.1 Å². The molecule has 2 amide bonds. The lowest BCUT2D eigenvalue weighted by Crippen LogP contribution is -2.20. The molecule has 27 heavy (non-hydrogen) atoms. The molecule has 0 fully saturated rings. The van der Waals surface area contributed by atoms with Gasteiger partial charge in [-0.3, -0.25) is 19.7 Å². The van der Waals surface area contributed by atoms with Gasteiger partial charge in [-0.1, -0.05) is 29.8 Å². The lowest BCUT2D eigenvalue weighted by molar-refractivity contribution is 0.0880. The van der Waals surface area contributed by atoms with Gasteiger partial charge in [-0.25, -0.2) is 0 Å². The normalized spacial score (nSPS) is 13.1. The molecule has 0 bridgehead atoms. The van der Waals surface area contributed by atoms with Gasteiger partial charge in [0.05, 0.1) is 28.9 Å². The molecule has 3 aromatic rings. The third kappa shape index (κ3) is 2.65. The average Bonchev–Trinajstić information content (AvgIpc) is 3.16. The number of carbonyl (C=O) groups excluding carboxylic acids is 3. The van der Waals surface area contributed by atoms with E-state index < -0.39 is 11.8 Å². The third-order valence-electron chi connectivity index (χ3n) is 4.73. The molecule has 6 nitrogen and oxygen atoms in total. The quantitative estimate of drug-likeness (QED) is 0.542. The van der Waals surface area contributed by atoms with Gasteiger partial charge in [-0.15, -0.1) is 0 Å². The van der Waals surface area contributed by atoms with E-state index in [0.717, 1.165) is 6.29 Å². The number of aromatic nitrogens is 1. The van der Waals surface area contributed by atoms with Crippen LogP contribution in [-0.4, -0.2) is 36.4 Å². The van der Waals surface area contributed by atoms with Crippen molar-refractivity contribution >= 4 is 40.6 Å². The largest absolute Gasteiger partial charge is 0.383 e. The van der Waals surface area contributed by atoms with Crippen molar-refractivity contribution < 1.29 is 19.1 Å². The van der Waals surface area contributed by atoms with Gasteiger partial charge >= 0.3 is 0 Å². The first-order valence-corrected chi connectivity index (χ1v) is 8.69. The van der Waals surface area contributed by atoms with E-state index in [4.69, 9.17) is 16.3 Å². The number of carbonyl (C=O) groups is 3. The number of nitrogens with zero attached hydrogens (tertiary/aromatic N) is 1. The summed E-state index contributed by atoms with van der Waals surface area (Å²) in [4.78, 5) is 36.5.